The highest BCUT2D eigenvalue weighted by atomic mass is 16.3. The van der Waals surface area contributed by atoms with Gasteiger partial charge in [0.15, 0.2) is 5.43 Å². The zero-order valence-electron chi connectivity index (χ0n) is 14.2. The fourth-order valence-corrected chi connectivity index (χ4v) is 2.22. The first-order valence-corrected chi connectivity index (χ1v) is 7.77. The van der Waals surface area contributed by atoms with Crippen LogP contribution < -0.4 is 5.43 Å². The molecular weight excluding hydrogens is 300 g/mol. The van der Waals surface area contributed by atoms with Gasteiger partial charge in [0.1, 0.15) is 5.76 Å². The van der Waals surface area contributed by atoms with Crippen molar-refractivity contribution < 1.29 is 9.52 Å². The monoisotopic (exact) mass is 324 g/mol. The van der Waals surface area contributed by atoms with Crippen molar-refractivity contribution >= 4 is 12.2 Å². The number of allylic oxidation sites excluding steroid dienone is 8. The lowest BCUT2D eigenvalue weighted by Gasteiger charge is -2.11. The lowest BCUT2D eigenvalue weighted by Crippen LogP contribution is -2.15. The van der Waals surface area contributed by atoms with Gasteiger partial charge in [-0.1, -0.05) is 49.6 Å². The first-order valence-electron chi connectivity index (χ1n) is 7.77. The summed E-state index contributed by atoms with van der Waals surface area (Å²) in [4.78, 5) is 12.9. The van der Waals surface area contributed by atoms with E-state index in [1.807, 2.05) is 19.1 Å². The van der Waals surface area contributed by atoms with Crippen LogP contribution >= 0.6 is 0 Å². The second kappa shape index (κ2) is 10.1. The summed E-state index contributed by atoms with van der Waals surface area (Å²) in [6.07, 6.45) is 17.7. The molecule has 3 nitrogen and oxygen atoms in total. The van der Waals surface area contributed by atoms with Crippen molar-refractivity contribution in [3.8, 4) is 0 Å². The minimum Gasteiger partial charge on any atom is -0.513 e. The normalized spacial score (nSPS) is 13.8. The Morgan fingerprint density at radius 3 is 2.67 bits per heavy atom. The Kier molecular flexibility index (Phi) is 8.06. The van der Waals surface area contributed by atoms with Crippen molar-refractivity contribution in [2.24, 2.45) is 0 Å². The molecule has 1 rings (SSSR count). The van der Waals surface area contributed by atoms with Crippen LogP contribution in [0.25, 0.3) is 12.2 Å². The van der Waals surface area contributed by atoms with E-state index in [4.69, 9.17) is 4.42 Å². The third-order valence-corrected chi connectivity index (χ3v) is 3.38. The summed E-state index contributed by atoms with van der Waals surface area (Å²) in [5, 5.41) is 9.38. The Bertz CT molecular complexity index is 739. The highest BCUT2D eigenvalue weighted by Gasteiger charge is 2.16. The topological polar surface area (TPSA) is 50.4 Å². The minimum atomic E-state index is -0.164. The van der Waals surface area contributed by atoms with Crippen LogP contribution in [-0.2, 0) is 0 Å². The predicted molar refractivity (Wildman–Crippen MR) is 102 cm³/mol. The largest absolute Gasteiger partial charge is 0.513 e. The molecule has 0 fully saturated rings. The lowest BCUT2D eigenvalue weighted by molar-refractivity contribution is 0.410. The molecule has 0 saturated carbocycles. The molecule has 1 heterocycles. The number of hydrogen-bond acceptors (Lipinski definition) is 3. The Morgan fingerprint density at radius 2 is 2.08 bits per heavy atom. The van der Waals surface area contributed by atoms with Gasteiger partial charge in [-0.3, -0.25) is 4.79 Å². The maximum atomic E-state index is 12.9. The van der Waals surface area contributed by atoms with Gasteiger partial charge >= 0.3 is 0 Å². The maximum absolute atomic E-state index is 12.9. The van der Waals surface area contributed by atoms with E-state index in [1.165, 1.54) is 12.3 Å². The summed E-state index contributed by atoms with van der Waals surface area (Å²) in [7, 11) is 0. The third kappa shape index (κ3) is 5.43. The van der Waals surface area contributed by atoms with Crippen LogP contribution in [0.4, 0.5) is 0 Å². The summed E-state index contributed by atoms with van der Waals surface area (Å²) in [6.45, 7) is 10.8. The quantitative estimate of drug-likeness (QED) is 0.387. The van der Waals surface area contributed by atoms with Crippen LogP contribution in [0.15, 0.2) is 76.9 Å². The van der Waals surface area contributed by atoms with Gasteiger partial charge in [-0.25, -0.2) is 0 Å². The van der Waals surface area contributed by atoms with Crippen LogP contribution in [0, 0.1) is 0 Å². The molecule has 0 radical (unpaired) electrons. The molecule has 0 aliphatic heterocycles. The fourth-order valence-electron chi connectivity index (χ4n) is 2.22. The lowest BCUT2D eigenvalue weighted by atomic mass is 9.94. The van der Waals surface area contributed by atoms with Gasteiger partial charge < -0.3 is 9.52 Å². The number of aliphatic hydroxyl groups excluding tert-OH is 1. The molecule has 0 amide bonds. The van der Waals surface area contributed by atoms with Crippen LogP contribution in [0.5, 0.6) is 0 Å². The number of aliphatic hydroxyl groups is 1. The second-order valence-electron chi connectivity index (χ2n) is 5.20. The summed E-state index contributed by atoms with van der Waals surface area (Å²) in [5.41, 5.74) is 0.894. The standard InChI is InChI=1S/C21H24O3/c1-5-8-9-10-12-18-20(7-3)24-15-19(21(18)23)17(11-6-2)14-13-16(4)22/h5-13,15,17,22H,1,3,14H2,2,4H3/b9-8-,11-6-,12-10+,16-13+. The van der Waals surface area contributed by atoms with Gasteiger partial charge in [0, 0.05) is 11.5 Å². The van der Waals surface area contributed by atoms with Crippen LogP contribution in [0.1, 0.15) is 43.1 Å². The van der Waals surface area contributed by atoms with E-state index >= 15 is 0 Å². The first kappa shape index (κ1) is 19.2. The first-order chi connectivity index (χ1) is 11.5. The number of hydrogen-bond donors (Lipinski definition) is 1. The Balaban J connectivity index is 3.38. The summed E-state index contributed by atoms with van der Waals surface area (Å²) < 4.78 is 5.58. The molecular formula is C21H24O3. The van der Waals surface area contributed by atoms with Gasteiger partial charge in [-0.15, -0.1) is 0 Å². The number of rotatable bonds is 8. The zero-order chi connectivity index (χ0) is 17.9. The van der Waals surface area contributed by atoms with Crippen LogP contribution in [0.2, 0.25) is 0 Å². The molecule has 0 saturated heterocycles. The van der Waals surface area contributed by atoms with Gasteiger partial charge in [-0.2, -0.15) is 0 Å². The Hall–Kier alpha value is -2.81. The van der Waals surface area contributed by atoms with Crippen molar-refractivity contribution in [1.29, 1.82) is 0 Å². The highest BCUT2D eigenvalue weighted by molar-refractivity contribution is 5.62. The van der Waals surface area contributed by atoms with Crippen molar-refractivity contribution in [2.75, 3.05) is 0 Å². The maximum Gasteiger partial charge on any atom is 0.196 e. The van der Waals surface area contributed by atoms with E-state index in [0.29, 0.717) is 23.3 Å². The Labute approximate surface area is 143 Å². The molecule has 3 heteroatoms. The van der Waals surface area contributed by atoms with Crippen molar-refractivity contribution in [3.05, 3.63) is 94.8 Å². The zero-order valence-corrected chi connectivity index (χ0v) is 14.2. The van der Waals surface area contributed by atoms with Crippen LogP contribution in [0.3, 0.4) is 0 Å². The van der Waals surface area contributed by atoms with E-state index < -0.39 is 0 Å². The van der Waals surface area contributed by atoms with E-state index in [1.54, 1.807) is 43.4 Å². The Morgan fingerprint density at radius 1 is 1.33 bits per heavy atom. The predicted octanol–water partition coefficient (Wildman–Crippen LogP) is 5.55. The molecule has 24 heavy (non-hydrogen) atoms. The average molecular weight is 324 g/mol. The molecule has 1 aromatic rings. The van der Waals surface area contributed by atoms with Crippen molar-refractivity contribution in [2.45, 2.75) is 26.2 Å². The molecule has 0 aromatic carbocycles. The molecule has 0 aliphatic carbocycles. The minimum absolute atomic E-state index is 0.105. The molecule has 1 unspecified atom stereocenters. The van der Waals surface area contributed by atoms with Crippen LogP contribution in [-0.4, -0.2) is 5.11 Å². The third-order valence-electron chi connectivity index (χ3n) is 3.38. The van der Waals surface area contributed by atoms with Crippen molar-refractivity contribution in [3.63, 3.8) is 0 Å². The molecule has 126 valence electrons. The van der Waals surface area contributed by atoms with E-state index in [0.717, 1.165) is 0 Å². The summed E-state index contributed by atoms with van der Waals surface area (Å²) >= 11 is 0. The SMILES string of the molecule is C=C/C=C\C=C\c1c(C=C)occ(C(/C=C\C)C/C=C(\C)O)c1=O. The van der Waals surface area contributed by atoms with E-state index in [2.05, 4.69) is 13.2 Å². The molecule has 1 N–H and O–H groups in total. The fraction of sp³-hybridized carbons (Fsp3) is 0.190. The molecule has 1 atom stereocenters. The van der Waals surface area contributed by atoms with Gasteiger partial charge in [0.05, 0.1) is 17.6 Å². The summed E-state index contributed by atoms with van der Waals surface area (Å²) in [5.74, 6) is 0.495. The van der Waals surface area contributed by atoms with Gasteiger partial charge in [-0.05, 0) is 38.5 Å². The van der Waals surface area contributed by atoms with Gasteiger partial charge in [0.25, 0.3) is 0 Å². The molecule has 1 aromatic heterocycles. The molecule has 0 aliphatic rings. The second-order valence-corrected chi connectivity index (χ2v) is 5.20. The van der Waals surface area contributed by atoms with Gasteiger partial charge in [0.2, 0.25) is 0 Å². The molecule has 0 spiro atoms. The van der Waals surface area contributed by atoms with E-state index in [-0.39, 0.29) is 17.1 Å². The summed E-state index contributed by atoms with van der Waals surface area (Å²) in [6, 6.07) is 0. The molecule has 0 bridgehead atoms. The van der Waals surface area contributed by atoms with E-state index in [9.17, 15) is 9.90 Å². The smallest absolute Gasteiger partial charge is 0.196 e. The average Bonchev–Trinajstić information content (AvgIpc) is 2.56. The highest BCUT2D eigenvalue weighted by Crippen LogP contribution is 2.22. The van der Waals surface area contributed by atoms with Crippen molar-refractivity contribution in [1.82, 2.24) is 0 Å².